The first-order valence-electron chi connectivity index (χ1n) is 17.6. The van der Waals surface area contributed by atoms with E-state index in [0.717, 1.165) is 23.5 Å². The number of hydrogen-bond donors (Lipinski definition) is 2. The summed E-state index contributed by atoms with van der Waals surface area (Å²) in [6.45, 7) is 5.77. The second-order valence-electron chi connectivity index (χ2n) is 13.3. The van der Waals surface area contributed by atoms with Crippen molar-refractivity contribution in [2.45, 2.75) is 26.9 Å². The zero-order valence-electron chi connectivity index (χ0n) is 30.2. The highest BCUT2D eigenvalue weighted by Gasteiger charge is 2.28. The average Bonchev–Trinajstić information content (AvgIpc) is 3.62. The van der Waals surface area contributed by atoms with Crippen molar-refractivity contribution in [3.8, 4) is 10.6 Å². The van der Waals surface area contributed by atoms with Crippen LogP contribution < -0.4 is 31.3 Å². The quantitative estimate of drug-likeness (QED) is 0.223. The summed E-state index contributed by atoms with van der Waals surface area (Å²) in [6.07, 6.45) is 2.62. The molecular formula is C35H37F4N11O4S. The van der Waals surface area contributed by atoms with E-state index >= 15 is 13.2 Å². The monoisotopic (exact) mass is 783 g/mol. The van der Waals surface area contributed by atoms with E-state index in [4.69, 9.17) is 0 Å². The van der Waals surface area contributed by atoms with E-state index in [2.05, 4.69) is 25.8 Å². The normalized spacial score (nSPS) is 15.3. The van der Waals surface area contributed by atoms with Gasteiger partial charge in [0.25, 0.3) is 0 Å². The first-order valence-corrected chi connectivity index (χ1v) is 18.4. The number of pyridine rings is 3. The first-order chi connectivity index (χ1) is 26.4. The van der Waals surface area contributed by atoms with E-state index in [1.54, 1.807) is 26.2 Å². The number of piperazine rings is 2. The second kappa shape index (κ2) is 15.2. The highest BCUT2D eigenvalue weighted by Crippen LogP contribution is 2.33. The van der Waals surface area contributed by atoms with Crippen molar-refractivity contribution < 1.29 is 27.2 Å². The maximum absolute atomic E-state index is 16.0. The Bertz CT molecular complexity index is 2440. The molecule has 15 nitrogen and oxygen atoms in total. The highest BCUT2D eigenvalue weighted by atomic mass is 32.1. The molecule has 0 unspecified atom stereocenters. The summed E-state index contributed by atoms with van der Waals surface area (Å²) in [5, 5.41) is 12.3. The van der Waals surface area contributed by atoms with Gasteiger partial charge in [-0.1, -0.05) is 11.3 Å². The lowest BCUT2D eigenvalue weighted by atomic mass is 10.1. The number of rotatable bonds is 8. The molecule has 0 saturated carbocycles. The van der Waals surface area contributed by atoms with Crippen LogP contribution in [0.25, 0.3) is 32.5 Å². The molecule has 2 N–H and O–H groups in total. The van der Waals surface area contributed by atoms with Gasteiger partial charge in [-0.05, 0) is 26.1 Å². The van der Waals surface area contributed by atoms with Gasteiger partial charge in [-0.2, -0.15) is 0 Å². The Morgan fingerprint density at radius 2 is 1.55 bits per heavy atom. The average molecular weight is 784 g/mol. The molecule has 2 fully saturated rings. The molecule has 0 atom stereocenters. The van der Waals surface area contributed by atoms with Crippen molar-refractivity contribution in [1.29, 1.82) is 0 Å². The van der Waals surface area contributed by atoms with Crippen LogP contribution in [0.4, 0.5) is 44.7 Å². The van der Waals surface area contributed by atoms with Gasteiger partial charge in [0, 0.05) is 78.2 Å². The molecule has 2 aliphatic heterocycles. The van der Waals surface area contributed by atoms with Crippen molar-refractivity contribution in [3.63, 3.8) is 0 Å². The number of anilines is 4. The van der Waals surface area contributed by atoms with Crippen molar-refractivity contribution >= 4 is 67.5 Å². The van der Waals surface area contributed by atoms with E-state index in [1.807, 2.05) is 11.9 Å². The van der Waals surface area contributed by atoms with Gasteiger partial charge >= 0.3 is 6.03 Å². The van der Waals surface area contributed by atoms with Crippen LogP contribution in [0.3, 0.4) is 0 Å². The number of carbonyl (C=O) groups excluding carboxylic acids is 2. The summed E-state index contributed by atoms with van der Waals surface area (Å²) in [7, 11) is 1.90. The summed E-state index contributed by atoms with van der Waals surface area (Å²) < 4.78 is 63.4. The third-order valence-electron chi connectivity index (χ3n) is 9.85. The number of nitrogens with one attached hydrogen (secondary N) is 2. The van der Waals surface area contributed by atoms with E-state index in [1.165, 1.54) is 23.9 Å². The van der Waals surface area contributed by atoms with Crippen LogP contribution in [0.5, 0.6) is 0 Å². The van der Waals surface area contributed by atoms with Crippen LogP contribution in [0.2, 0.25) is 0 Å². The Morgan fingerprint density at radius 1 is 0.855 bits per heavy atom. The Morgan fingerprint density at radius 3 is 2.22 bits per heavy atom. The van der Waals surface area contributed by atoms with E-state index < -0.39 is 41.0 Å². The molecule has 2 aliphatic rings. The molecule has 55 heavy (non-hydrogen) atoms. The Labute approximate surface area is 314 Å². The molecule has 4 aromatic heterocycles. The van der Waals surface area contributed by atoms with E-state index in [9.17, 15) is 23.6 Å². The van der Waals surface area contributed by atoms with Crippen LogP contribution in [0, 0.1) is 17.5 Å². The lowest BCUT2D eigenvalue weighted by Crippen LogP contribution is -2.48. The molecule has 5 aromatic rings. The standard InChI is InChI=1S/C35H37F4N11O4S/c1-4-46-18-25(30(53)21-16-24(38)32(41-31(21)46)49-13-11-47(12-14-49)19(2)51)40-34(54)42-35-44-43-33(55-35)22-17-50(6-5-36)27-20(29(22)52)15-23(37)28(26(27)39)48-9-7-45(3)8-10-48/h15-18H,4-14H2,1-3H3,(H2,40,42,44,54). The number of aryl methyl sites for hydroxylation is 2. The fraction of sp³-hybridized carbons (Fsp3) is 0.400. The van der Waals surface area contributed by atoms with Gasteiger partial charge in [-0.25, -0.2) is 27.3 Å². The number of halogens is 4. The molecule has 3 amide bonds. The third kappa shape index (κ3) is 7.18. The predicted octanol–water partition coefficient (Wildman–Crippen LogP) is 3.70. The van der Waals surface area contributed by atoms with Crippen LogP contribution in [0.1, 0.15) is 13.8 Å². The third-order valence-corrected chi connectivity index (χ3v) is 10.7. The van der Waals surface area contributed by atoms with Crippen molar-refractivity contribution in [2.24, 2.45) is 0 Å². The summed E-state index contributed by atoms with van der Waals surface area (Å²) in [5.74, 6) is -2.64. The Balaban J connectivity index is 1.13. The molecule has 2 saturated heterocycles. The fourth-order valence-electron chi connectivity index (χ4n) is 6.91. The maximum Gasteiger partial charge on any atom is 0.325 e. The van der Waals surface area contributed by atoms with Gasteiger partial charge in [0.15, 0.2) is 27.9 Å². The number of aromatic nitrogens is 5. The van der Waals surface area contributed by atoms with E-state index in [0.29, 0.717) is 58.9 Å². The number of amides is 3. The topological polar surface area (TPSA) is 154 Å². The highest BCUT2D eigenvalue weighted by molar-refractivity contribution is 7.18. The fourth-order valence-corrected chi connectivity index (χ4v) is 7.66. The number of benzene rings is 1. The van der Waals surface area contributed by atoms with Crippen molar-refractivity contribution in [1.82, 2.24) is 34.1 Å². The smallest absolute Gasteiger partial charge is 0.325 e. The number of urea groups is 1. The van der Waals surface area contributed by atoms with Crippen molar-refractivity contribution in [3.05, 3.63) is 62.4 Å². The zero-order chi connectivity index (χ0) is 39.1. The molecule has 0 radical (unpaired) electrons. The number of carbonyl (C=O) groups is 2. The predicted molar refractivity (Wildman–Crippen MR) is 201 cm³/mol. The summed E-state index contributed by atoms with van der Waals surface area (Å²) >= 11 is 0.771. The van der Waals surface area contributed by atoms with Gasteiger partial charge in [-0.15, -0.1) is 10.2 Å². The van der Waals surface area contributed by atoms with Gasteiger partial charge in [0.1, 0.15) is 29.5 Å². The van der Waals surface area contributed by atoms with Gasteiger partial charge < -0.3 is 34.1 Å². The molecule has 290 valence electrons. The number of alkyl halides is 1. The SMILES string of the molecule is CCn1cc(NC(=O)Nc2nnc(-c3cn(CCF)c4c(F)c(N5CCN(C)CC5)c(F)cc4c3=O)s2)c(=O)c2cc(F)c(N3CCN(C(C)=O)CC3)nc21. The minimum Gasteiger partial charge on any atom is -0.364 e. The van der Waals surface area contributed by atoms with E-state index in [-0.39, 0.29) is 67.3 Å². The first kappa shape index (κ1) is 37.7. The number of nitrogens with zero attached hydrogens (tertiary/aromatic N) is 9. The Hall–Kier alpha value is -5.63. The summed E-state index contributed by atoms with van der Waals surface area (Å²) in [6, 6.07) is 1.13. The van der Waals surface area contributed by atoms with Gasteiger partial charge in [-0.3, -0.25) is 19.7 Å². The van der Waals surface area contributed by atoms with Crippen LogP contribution in [0.15, 0.2) is 34.1 Å². The summed E-state index contributed by atoms with van der Waals surface area (Å²) in [5.41, 5.74) is -2.06. The zero-order valence-corrected chi connectivity index (χ0v) is 31.0. The number of fused-ring (bicyclic) bond motifs is 2. The van der Waals surface area contributed by atoms with Crippen LogP contribution in [-0.4, -0.2) is 112 Å². The Kier molecular flexibility index (Phi) is 10.4. The molecule has 0 bridgehead atoms. The lowest BCUT2D eigenvalue weighted by molar-refractivity contribution is -0.129. The minimum atomic E-state index is -0.966. The lowest BCUT2D eigenvalue weighted by Gasteiger charge is -2.35. The van der Waals surface area contributed by atoms with Crippen LogP contribution in [-0.2, 0) is 17.9 Å². The largest absolute Gasteiger partial charge is 0.364 e. The molecule has 0 aliphatic carbocycles. The van der Waals surface area contributed by atoms with Crippen molar-refractivity contribution in [2.75, 3.05) is 86.5 Å². The molecule has 6 heterocycles. The molecular weight excluding hydrogens is 747 g/mol. The second-order valence-corrected chi connectivity index (χ2v) is 14.2. The van der Waals surface area contributed by atoms with Gasteiger partial charge in [0.05, 0.1) is 28.4 Å². The minimum absolute atomic E-state index is 0.0159. The number of likely N-dealkylation sites (N-methyl/N-ethyl adjacent to an activating group) is 1. The molecule has 1 aromatic carbocycles. The number of hydrogen-bond acceptors (Lipinski definition) is 11. The molecule has 7 rings (SSSR count). The molecule has 0 spiro atoms. The maximum atomic E-state index is 16.0. The van der Waals surface area contributed by atoms with Gasteiger partial charge in [0.2, 0.25) is 16.5 Å². The van der Waals surface area contributed by atoms with Crippen LogP contribution >= 0.6 is 11.3 Å². The molecule has 20 heteroatoms. The summed E-state index contributed by atoms with van der Waals surface area (Å²) in [4.78, 5) is 63.4.